The molecule has 1 aliphatic heterocycles. The van der Waals surface area contributed by atoms with E-state index in [-0.39, 0.29) is 12.3 Å². The van der Waals surface area contributed by atoms with Crippen molar-refractivity contribution in [3.8, 4) is 0 Å². The van der Waals surface area contributed by atoms with Gasteiger partial charge in [0.1, 0.15) is 17.7 Å². The van der Waals surface area contributed by atoms with Crippen LogP contribution < -0.4 is 5.32 Å². The molecule has 30 heavy (non-hydrogen) atoms. The van der Waals surface area contributed by atoms with Gasteiger partial charge >= 0.3 is 12.1 Å². The Morgan fingerprint density at radius 2 is 2.00 bits per heavy atom. The van der Waals surface area contributed by atoms with E-state index in [1.807, 2.05) is 18.2 Å². The molecule has 1 aromatic heterocycles. The van der Waals surface area contributed by atoms with E-state index in [4.69, 9.17) is 14.2 Å². The zero-order valence-electron chi connectivity index (χ0n) is 17.8. The Morgan fingerprint density at radius 1 is 1.27 bits per heavy atom. The van der Waals surface area contributed by atoms with Crippen molar-refractivity contribution in [2.24, 2.45) is 0 Å². The number of nitrogens with one attached hydrogen (secondary N) is 1. The lowest BCUT2D eigenvalue weighted by Crippen LogP contribution is -2.47. The monoisotopic (exact) mass is 416 g/mol. The van der Waals surface area contributed by atoms with Gasteiger partial charge in [-0.1, -0.05) is 18.2 Å². The fourth-order valence-electron chi connectivity index (χ4n) is 3.48. The third-order valence-corrected chi connectivity index (χ3v) is 4.83. The second-order valence-electron chi connectivity index (χ2n) is 8.31. The highest BCUT2D eigenvalue weighted by atomic mass is 16.6. The molecule has 0 unspecified atom stereocenters. The lowest BCUT2D eigenvalue weighted by molar-refractivity contribution is -0.146. The molecule has 1 aliphatic rings. The molecule has 0 radical (unpaired) electrons. The maximum absolute atomic E-state index is 12.7. The predicted octanol–water partition coefficient (Wildman–Crippen LogP) is 2.80. The van der Waals surface area contributed by atoms with Crippen LogP contribution in [0.2, 0.25) is 0 Å². The van der Waals surface area contributed by atoms with Crippen LogP contribution in [-0.2, 0) is 30.2 Å². The first kappa shape index (κ1) is 21.8. The van der Waals surface area contributed by atoms with Gasteiger partial charge in [0.05, 0.1) is 12.6 Å². The van der Waals surface area contributed by atoms with Crippen molar-refractivity contribution < 1.29 is 28.6 Å². The summed E-state index contributed by atoms with van der Waals surface area (Å²) >= 11 is 0. The number of rotatable bonds is 5. The average Bonchev–Trinajstić information content (AvgIpc) is 3.34. The Bertz CT molecular complexity index is 937. The van der Waals surface area contributed by atoms with Gasteiger partial charge in [-0.3, -0.25) is 9.36 Å². The third-order valence-electron chi connectivity index (χ3n) is 4.83. The number of para-hydroxylation sites is 1. The van der Waals surface area contributed by atoms with Gasteiger partial charge in [0.25, 0.3) is 0 Å². The van der Waals surface area contributed by atoms with Gasteiger partial charge in [-0.25, -0.2) is 9.59 Å². The van der Waals surface area contributed by atoms with E-state index in [0.29, 0.717) is 18.5 Å². The van der Waals surface area contributed by atoms with E-state index in [1.54, 1.807) is 33.0 Å². The van der Waals surface area contributed by atoms with E-state index < -0.39 is 29.8 Å². The zero-order valence-corrected chi connectivity index (χ0v) is 17.8. The number of ether oxygens (including phenoxy) is 3. The van der Waals surface area contributed by atoms with Crippen LogP contribution in [-0.4, -0.2) is 54.0 Å². The maximum Gasteiger partial charge on any atom is 0.419 e. The minimum absolute atomic E-state index is 0.168. The van der Waals surface area contributed by atoms with Crippen molar-refractivity contribution in [3.63, 3.8) is 0 Å². The second-order valence-corrected chi connectivity index (χ2v) is 8.31. The van der Waals surface area contributed by atoms with Crippen LogP contribution in [0.15, 0.2) is 30.5 Å². The predicted molar refractivity (Wildman–Crippen MR) is 110 cm³/mol. The van der Waals surface area contributed by atoms with Gasteiger partial charge in [-0.2, -0.15) is 0 Å². The molecule has 2 heterocycles. The topological polar surface area (TPSA) is 95.9 Å². The highest BCUT2D eigenvalue weighted by Crippen LogP contribution is 2.24. The van der Waals surface area contributed by atoms with Crippen LogP contribution in [0.4, 0.5) is 4.79 Å². The van der Waals surface area contributed by atoms with Crippen molar-refractivity contribution in [2.45, 2.75) is 57.8 Å². The molecule has 8 heteroatoms. The molecular formula is C22H28N2O6. The second kappa shape index (κ2) is 8.87. The molecule has 1 fully saturated rings. The largest absolute Gasteiger partial charge is 0.467 e. The summed E-state index contributed by atoms with van der Waals surface area (Å²) in [6.07, 6.45) is 2.18. The van der Waals surface area contributed by atoms with Crippen LogP contribution in [0.1, 0.15) is 39.2 Å². The first-order valence-electron chi connectivity index (χ1n) is 10.0. The third kappa shape index (κ3) is 4.99. The molecule has 162 valence electrons. The Kier molecular flexibility index (Phi) is 6.45. The summed E-state index contributed by atoms with van der Waals surface area (Å²) in [6.45, 7) is 5.92. The first-order chi connectivity index (χ1) is 14.2. The van der Waals surface area contributed by atoms with Crippen molar-refractivity contribution in [3.05, 3.63) is 36.0 Å². The van der Waals surface area contributed by atoms with Gasteiger partial charge in [-0.15, -0.1) is 0 Å². The molecule has 8 nitrogen and oxygen atoms in total. The molecule has 3 rings (SSSR count). The fourth-order valence-corrected chi connectivity index (χ4v) is 3.48. The number of nitrogens with zero attached hydrogens (tertiary/aromatic N) is 1. The van der Waals surface area contributed by atoms with E-state index >= 15 is 0 Å². The minimum Gasteiger partial charge on any atom is -0.467 e. The fraction of sp³-hybridized carbons (Fsp3) is 0.500. The van der Waals surface area contributed by atoms with Crippen LogP contribution in [0.25, 0.3) is 10.9 Å². The van der Waals surface area contributed by atoms with Gasteiger partial charge in [-0.05, 0) is 45.2 Å². The number of fused-ring (bicyclic) bond motifs is 1. The van der Waals surface area contributed by atoms with Gasteiger partial charge in [0, 0.05) is 24.6 Å². The number of methoxy groups -OCH3 is 1. The first-order valence-corrected chi connectivity index (χ1v) is 10.0. The molecule has 1 saturated heterocycles. The molecule has 2 aromatic rings. The smallest absolute Gasteiger partial charge is 0.419 e. The maximum atomic E-state index is 12.7. The van der Waals surface area contributed by atoms with Crippen molar-refractivity contribution in [1.82, 2.24) is 9.88 Å². The van der Waals surface area contributed by atoms with E-state index in [2.05, 4.69) is 5.32 Å². The molecular weight excluding hydrogens is 388 g/mol. The lowest BCUT2D eigenvalue weighted by Gasteiger charge is -2.20. The summed E-state index contributed by atoms with van der Waals surface area (Å²) in [4.78, 5) is 37.5. The normalized spacial score (nSPS) is 17.5. The Morgan fingerprint density at radius 3 is 2.63 bits per heavy atom. The van der Waals surface area contributed by atoms with Gasteiger partial charge in [0.2, 0.25) is 5.91 Å². The van der Waals surface area contributed by atoms with Crippen molar-refractivity contribution in [1.29, 1.82) is 0 Å². The number of carbonyl (C=O) groups excluding carboxylic acids is 3. The summed E-state index contributed by atoms with van der Waals surface area (Å²) in [7, 11) is 1.28. The number of carbonyl (C=O) groups is 3. The van der Waals surface area contributed by atoms with Crippen LogP contribution in [0.3, 0.4) is 0 Å². The quantitative estimate of drug-likeness (QED) is 0.753. The lowest BCUT2D eigenvalue weighted by atomic mass is 10.0. The number of benzene rings is 1. The number of hydrogen-bond acceptors (Lipinski definition) is 6. The summed E-state index contributed by atoms with van der Waals surface area (Å²) in [5, 5.41) is 3.53. The van der Waals surface area contributed by atoms with E-state index in [0.717, 1.165) is 17.4 Å². The SMILES string of the molecule is COC(=O)[C@H](Cc1cn(C(=O)OC(C)(C)C)c2ccccc12)NC(=O)[C@@H]1CCCO1. The van der Waals surface area contributed by atoms with Crippen molar-refractivity contribution >= 4 is 28.9 Å². The van der Waals surface area contributed by atoms with E-state index in [9.17, 15) is 14.4 Å². The molecule has 0 aliphatic carbocycles. The summed E-state index contributed by atoms with van der Waals surface area (Å²) in [6, 6.07) is 6.44. The summed E-state index contributed by atoms with van der Waals surface area (Å²) in [5.41, 5.74) is 0.738. The molecule has 0 bridgehead atoms. The van der Waals surface area contributed by atoms with Crippen molar-refractivity contribution in [2.75, 3.05) is 13.7 Å². The highest BCUT2D eigenvalue weighted by molar-refractivity contribution is 5.93. The summed E-state index contributed by atoms with van der Waals surface area (Å²) < 4.78 is 17.2. The molecule has 2 atom stereocenters. The van der Waals surface area contributed by atoms with Crippen LogP contribution >= 0.6 is 0 Å². The molecule has 1 N–H and O–H groups in total. The molecule has 1 amide bonds. The molecule has 0 saturated carbocycles. The number of amides is 1. The summed E-state index contributed by atoms with van der Waals surface area (Å²) in [5.74, 6) is -0.894. The average molecular weight is 416 g/mol. The Labute approximate surface area is 175 Å². The van der Waals surface area contributed by atoms with Crippen LogP contribution in [0.5, 0.6) is 0 Å². The Balaban J connectivity index is 1.89. The highest BCUT2D eigenvalue weighted by Gasteiger charge is 2.30. The minimum atomic E-state index is -0.899. The van der Waals surface area contributed by atoms with E-state index in [1.165, 1.54) is 11.7 Å². The standard InChI is InChI=1S/C22H28N2O6/c1-22(2,3)30-21(27)24-13-14(15-8-5-6-9-17(15)24)12-16(20(26)28-4)23-19(25)18-10-7-11-29-18/h5-6,8-9,13,16,18H,7,10-12H2,1-4H3,(H,23,25)/t16-,18-/m0/s1. The van der Waals surface area contributed by atoms with Gasteiger partial charge in [0.15, 0.2) is 0 Å². The number of aromatic nitrogens is 1. The molecule has 0 spiro atoms. The van der Waals surface area contributed by atoms with Gasteiger partial charge < -0.3 is 19.5 Å². The zero-order chi connectivity index (χ0) is 21.9. The number of hydrogen-bond donors (Lipinski definition) is 1. The number of esters is 1. The van der Waals surface area contributed by atoms with Crippen LogP contribution in [0, 0.1) is 0 Å². The Hall–Kier alpha value is -2.87. The molecule has 1 aromatic carbocycles.